The highest BCUT2D eigenvalue weighted by Crippen LogP contribution is 2.20. The Kier molecular flexibility index (Phi) is 6.33. The molecule has 1 heterocycles. The van der Waals surface area contributed by atoms with Crippen molar-refractivity contribution in [3.63, 3.8) is 0 Å². The van der Waals surface area contributed by atoms with E-state index in [2.05, 4.69) is 23.8 Å². The topological polar surface area (TPSA) is 34.2 Å². The minimum absolute atomic E-state index is 0.278. The minimum Gasteiger partial charge on any atom is -0.492 e. The average Bonchev–Trinajstić information content (AvgIpc) is 2.35. The van der Waals surface area contributed by atoms with Gasteiger partial charge in [-0.1, -0.05) is 13.0 Å². The van der Waals surface area contributed by atoms with E-state index in [1.165, 1.54) is 0 Å². The van der Waals surface area contributed by atoms with Crippen LogP contribution in [0, 0.1) is 0 Å². The highest BCUT2D eigenvalue weighted by atomic mass is 16.5. The Labute approximate surface area is 104 Å². The third-order valence-corrected chi connectivity index (χ3v) is 2.49. The lowest BCUT2D eigenvalue weighted by Gasteiger charge is -2.17. The van der Waals surface area contributed by atoms with E-state index in [1.807, 2.05) is 25.3 Å². The fraction of sp³-hybridized carbons (Fsp3) is 0.500. The first-order valence-electron chi connectivity index (χ1n) is 6.23. The molecule has 0 aliphatic heterocycles. The Hall–Kier alpha value is -1.35. The Morgan fingerprint density at radius 1 is 1.47 bits per heavy atom. The molecule has 0 aliphatic rings. The Morgan fingerprint density at radius 3 is 2.94 bits per heavy atom. The molecule has 0 bridgehead atoms. The molecule has 3 heteroatoms. The lowest BCUT2D eigenvalue weighted by atomic mass is 10.1. The fourth-order valence-corrected chi connectivity index (χ4v) is 1.69. The van der Waals surface area contributed by atoms with Gasteiger partial charge in [-0.25, -0.2) is 0 Å². The van der Waals surface area contributed by atoms with Crippen LogP contribution in [-0.4, -0.2) is 18.1 Å². The monoisotopic (exact) mass is 234 g/mol. The Bertz CT molecular complexity index is 339. The lowest BCUT2D eigenvalue weighted by Crippen LogP contribution is -2.21. The van der Waals surface area contributed by atoms with Crippen LogP contribution < -0.4 is 10.1 Å². The molecule has 1 atom stereocenters. The quantitative estimate of drug-likeness (QED) is 0.702. The van der Waals surface area contributed by atoms with E-state index in [-0.39, 0.29) is 6.04 Å². The fourth-order valence-electron chi connectivity index (χ4n) is 1.69. The van der Waals surface area contributed by atoms with Crippen LogP contribution in [0.4, 0.5) is 0 Å². The van der Waals surface area contributed by atoms with Gasteiger partial charge in [0.25, 0.3) is 0 Å². The van der Waals surface area contributed by atoms with Crippen LogP contribution in [0.25, 0.3) is 0 Å². The lowest BCUT2D eigenvalue weighted by molar-refractivity contribution is 0.338. The molecule has 1 rings (SSSR count). The van der Waals surface area contributed by atoms with Gasteiger partial charge in [-0.15, -0.1) is 6.58 Å². The average molecular weight is 234 g/mol. The minimum atomic E-state index is 0.278. The molecule has 1 aromatic rings. The zero-order valence-corrected chi connectivity index (χ0v) is 10.8. The first-order valence-corrected chi connectivity index (χ1v) is 6.23. The van der Waals surface area contributed by atoms with E-state index >= 15 is 0 Å². The molecule has 0 saturated carbocycles. The summed E-state index contributed by atoms with van der Waals surface area (Å²) in [4.78, 5) is 4.22. The molecule has 0 amide bonds. The zero-order valence-electron chi connectivity index (χ0n) is 10.8. The predicted molar refractivity (Wildman–Crippen MR) is 71.3 cm³/mol. The number of rotatable bonds is 8. The Balaban J connectivity index is 2.76. The number of hydrogen-bond donors (Lipinski definition) is 1. The van der Waals surface area contributed by atoms with Gasteiger partial charge in [0.1, 0.15) is 5.75 Å². The maximum absolute atomic E-state index is 5.46. The molecular formula is C14H22N2O. The van der Waals surface area contributed by atoms with Crippen molar-refractivity contribution < 1.29 is 4.74 Å². The maximum atomic E-state index is 5.46. The predicted octanol–water partition coefficient (Wildman–Crippen LogP) is 3.10. The summed E-state index contributed by atoms with van der Waals surface area (Å²) in [6.45, 7) is 9.60. The molecule has 0 fully saturated rings. The normalized spacial score (nSPS) is 12.1. The van der Waals surface area contributed by atoms with Crippen LogP contribution in [-0.2, 0) is 0 Å². The molecule has 0 aromatic carbocycles. The Morgan fingerprint density at radius 2 is 2.29 bits per heavy atom. The first-order chi connectivity index (χ1) is 8.31. The number of ether oxygens (including phenoxy) is 1. The van der Waals surface area contributed by atoms with Crippen molar-refractivity contribution in [1.29, 1.82) is 0 Å². The van der Waals surface area contributed by atoms with Gasteiger partial charge in [-0.3, -0.25) is 4.98 Å². The summed E-state index contributed by atoms with van der Waals surface area (Å²) < 4.78 is 5.46. The summed E-state index contributed by atoms with van der Waals surface area (Å²) in [5.74, 6) is 0.831. The first kappa shape index (κ1) is 13.7. The van der Waals surface area contributed by atoms with Gasteiger partial charge in [-0.2, -0.15) is 0 Å². The second kappa shape index (κ2) is 7.85. The van der Waals surface area contributed by atoms with Gasteiger partial charge in [0, 0.05) is 12.2 Å². The van der Waals surface area contributed by atoms with Crippen LogP contribution in [0.15, 0.2) is 31.1 Å². The molecule has 94 valence electrons. The highest BCUT2D eigenvalue weighted by Gasteiger charge is 2.10. The molecule has 3 nitrogen and oxygen atoms in total. The van der Waals surface area contributed by atoms with Crippen LogP contribution in [0.1, 0.15) is 38.3 Å². The number of pyridine rings is 1. The summed E-state index contributed by atoms with van der Waals surface area (Å²) in [6, 6.07) is 2.33. The van der Waals surface area contributed by atoms with Crippen molar-refractivity contribution in [3.8, 4) is 5.75 Å². The molecule has 0 saturated heterocycles. The molecule has 0 spiro atoms. The maximum Gasteiger partial charge on any atom is 0.137 e. The summed E-state index contributed by atoms with van der Waals surface area (Å²) in [7, 11) is 0. The summed E-state index contributed by atoms with van der Waals surface area (Å²) in [5.41, 5.74) is 1.16. The van der Waals surface area contributed by atoms with Crippen molar-refractivity contribution in [1.82, 2.24) is 10.3 Å². The van der Waals surface area contributed by atoms with Crippen molar-refractivity contribution in [2.75, 3.05) is 13.2 Å². The zero-order chi connectivity index (χ0) is 12.5. The van der Waals surface area contributed by atoms with E-state index in [0.717, 1.165) is 30.7 Å². The largest absolute Gasteiger partial charge is 0.492 e. The van der Waals surface area contributed by atoms with Crippen molar-refractivity contribution in [3.05, 3.63) is 36.7 Å². The number of hydrogen-bond acceptors (Lipinski definition) is 3. The second-order valence-corrected chi connectivity index (χ2v) is 3.92. The number of aromatic nitrogens is 1. The van der Waals surface area contributed by atoms with Gasteiger partial charge in [-0.05, 0) is 37.9 Å². The molecule has 1 N–H and O–H groups in total. The van der Waals surface area contributed by atoms with Gasteiger partial charge < -0.3 is 10.1 Å². The summed E-state index contributed by atoms with van der Waals surface area (Å²) in [5, 5.41) is 3.49. The molecule has 0 radical (unpaired) electrons. The molecule has 17 heavy (non-hydrogen) atoms. The van der Waals surface area contributed by atoms with Gasteiger partial charge in [0.2, 0.25) is 0 Å². The van der Waals surface area contributed by atoms with Crippen molar-refractivity contribution >= 4 is 0 Å². The summed E-state index contributed by atoms with van der Waals surface area (Å²) in [6.07, 6.45) is 7.58. The van der Waals surface area contributed by atoms with Crippen molar-refractivity contribution in [2.45, 2.75) is 32.7 Å². The van der Waals surface area contributed by atoms with E-state index in [4.69, 9.17) is 4.74 Å². The van der Waals surface area contributed by atoms with Crippen LogP contribution in [0.5, 0.6) is 5.75 Å². The van der Waals surface area contributed by atoms with Crippen LogP contribution in [0.3, 0.4) is 0 Å². The van der Waals surface area contributed by atoms with Gasteiger partial charge in [0.15, 0.2) is 0 Å². The number of nitrogens with zero attached hydrogens (tertiary/aromatic N) is 1. The third kappa shape index (κ3) is 4.57. The van der Waals surface area contributed by atoms with Gasteiger partial charge in [0.05, 0.1) is 12.8 Å². The van der Waals surface area contributed by atoms with E-state index in [0.29, 0.717) is 6.61 Å². The third-order valence-electron chi connectivity index (χ3n) is 2.49. The van der Waals surface area contributed by atoms with E-state index in [1.54, 1.807) is 6.20 Å². The molecular weight excluding hydrogens is 212 g/mol. The van der Waals surface area contributed by atoms with Crippen LogP contribution in [0.2, 0.25) is 0 Å². The van der Waals surface area contributed by atoms with Crippen molar-refractivity contribution in [2.24, 2.45) is 0 Å². The second-order valence-electron chi connectivity index (χ2n) is 3.92. The molecule has 1 aromatic heterocycles. The van der Waals surface area contributed by atoms with Gasteiger partial charge >= 0.3 is 0 Å². The highest BCUT2D eigenvalue weighted by molar-refractivity contribution is 5.26. The van der Waals surface area contributed by atoms with E-state index in [9.17, 15) is 0 Å². The SMILES string of the molecule is C=CCC(NCCC)c1cncc(OCC)c1. The molecule has 0 aliphatic carbocycles. The smallest absolute Gasteiger partial charge is 0.137 e. The standard InChI is InChI=1S/C14H22N2O/c1-4-7-14(16-8-5-2)12-9-13(17-6-3)11-15-10-12/h4,9-11,14,16H,1,5-8H2,2-3H3. The number of nitrogens with one attached hydrogen (secondary N) is 1. The van der Waals surface area contributed by atoms with E-state index < -0.39 is 0 Å². The summed E-state index contributed by atoms with van der Waals surface area (Å²) >= 11 is 0. The molecule has 1 unspecified atom stereocenters. The van der Waals surface area contributed by atoms with Crippen LogP contribution >= 0.6 is 0 Å².